The summed E-state index contributed by atoms with van der Waals surface area (Å²) in [5.74, 6) is -0.534. The van der Waals surface area contributed by atoms with Gasteiger partial charge in [-0.25, -0.2) is 4.79 Å². The van der Waals surface area contributed by atoms with E-state index >= 15 is 0 Å². The Kier molecular flexibility index (Phi) is 4.48. The Hall–Kier alpha value is -1.67. The van der Waals surface area contributed by atoms with Gasteiger partial charge in [0.05, 0.1) is 15.6 Å². The Morgan fingerprint density at radius 1 is 1.26 bits per heavy atom. The summed E-state index contributed by atoms with van der Waals surface area (Å²) in [5, 5.41) is 1.00. The molecular formula is C9H7Cl2F3N4O. The Morgan fingerprint density at radius 3 is 2.32 bits per heavy atom. The van der Waals surface area contributed by atoms with Crippen LogP contribution in [-0.2, 0) is 6.18 Å². The van der Waals surface area contributed by atoms with Gasteiger partial charge in [0.25, 0.3) is 0 Å². The minimum absolute atomic E-state index is 0.239. The van der Waals surface area contributed by atoms with Crippen molar-refractivity contribution in [3.63, 3.8) is 0 Å². The summed E-state index contributed by atoms with van der Waals surface area (Å²) in [6.07, 6.45) is -4.71. The number of carbonyl (C=O) groups is 1. The molecule has 1 aromatic carbocycles. The number of hydrogen-bond acceptors (Lipinski definition) is 1. The molecule has 0 fully saturated rings. The van der Waals surface area contributed by atoms with Gasteiger partial charge in [-0.2, -0.15) is 18.2 Å². The molecule has 5 N–H and O–H groups in total. The SMILES string of the molecule is NC(N)=NC(=O)Nc1cc(Cl)c(Cl)c(C(F)(F)F)c1. The van der Waals surface area contributed by atoms with Gasteiger partial charge in [-0.1, -0.05) is 23.2 Å². The molecule has 19 heavy (non-hydrogen) atoms. The quantitative estimate of drug-likeness (QED) is 0.549. The summed E-state index contributed by atoms with van der Waals surface area (Å²) in [7, 11) is 0. The molecule has 0 spiro atoms. The molecule has 0 aliphatic rings. The first-order chi connectivity index (χ1) is 8.61. The number of hydrogen-bond donors (Lipinski definition) is 3. The fourth-order valence-electron chi connectivity index (χ4n) is 1.14. The normalized spacial score (nSPS) is 11.0. The number of nitrogens with zero attached hydrogens (tertiary/aromatic N) is 1. The number of alkyl halides is 3. The van der Waals surface area contributed by atoms with Crippen molar-refractivity contribution in [3.05, 3.63) is 27.7 Å². The van der Waals surface area contributed by atoms with Crippen LogP contribution in [0.2, 0.25) is 10.0 Å². The van der Waals surface area contributed by atoms with Crippen LogP contribution in [0, 0.1) is 0 Å². The first-order valence-electron chi connectivity index (χ1n) is 4.58. The molecule has 0 saturated heterocycles. The lowest BCUT2D eigenvalue weighted by atomic mass is 10.2. The second-order valence-electron chi connectivity index (χ2n) is 3.28. The van der Waals surface area contributed by atoms with Crippen molar-refractivity contribution in [1.82, 2.24) is 0 Å². The summed E-state index contributed by atoms with van der Waals surface area (Å²) >= 11 is 11.0. The number of aliphatic imine (C=N–C) groups is 1. The van der Waals surface area contributed by atoms with E-state index in [0.717, 1.165) is 6.07 Å². The number of benzene rings is 1. The van der Waals surface area contributed by atoms with Crippen LogP contribution in [0.1, 0.15) is 5.56 Å². The van der Waals surface area contributed by atoms with Crippen molar-refractivity contribution >= 4 is 40.9 Å². The molecule has 1 rings (SSSR count). The van der Waals surface area contributed by atoms with E-state index in [-0.39, 0.29) is 10.7 Å². The third-order valence-corrected chi connectivity index (χ3v) is 2.62. The van der Waals surface area contributed by atoms with Gasteiger partial charge in [0.15, 0.2) is 5.96 Å². The standard InChI is InChI=1S/C9H7Cl2F3N4O/c10-5-2-3(17-8(19)18-7(15)16)1-4(6(5)11)9(12,13)14/h1-2H,(H5,15,16,17,18,19). The predicted molar refractivity (Wildman–Crippen MR) is 66.3 cm³/mol. The Morgan fingerprint density at radius 2 is 1.84 bits per heavy atom. The molecule has 5 nitrogen and oxygen atoms in total. The van der Waals surface area contributed by atoms with Crippen LogP contribution in [0.4, 0.5) is 23.7 Å². The van der Waals surface area contributed by atoms with Gasteiger partial charge in [-0.15, -0.1) is 0 Å². The Bertz CT molecular complexity index is 541. The van der Waals surface area contributed by atoms with Gasteiger partial charge in [-0.05, 0) is 12.1 Å². The topological polar surface area (TPSA) is 93.5 Å². The fraction of sp³-hybridized carbons (Fsp3) is 0.111. The van der Waals surface area contributed by atoms with Crippen molar-refractivity contribution in [1.29, 1.82) is 0 Å². The summed E-state index contributed by atoms with van der Waals surface area (Å²) in [4.78, 5) is 14.2. The zero-order chi connectivity index (χ0) is 14.8. The van der Waals surface area contributed by atoms with E-state index in [1.807, 2.05) is 5.32 Å². The van der Waals surface area contributed by atoms with E-state index in [4.69, 9.17) is 34.7 Å². The van der Waals surface area contributed by atoms with Gasteiger partial charge in [0.2, 0.25) is 0 Å². The highest BCUT2D eigenvalue weighted by atomic mass is 35.5. The Balaban J connectivity index is 3.15. The summed E-state index contributed by atoms with van der Waals surface area (Å²) in [6.45, 7) is 0. The van der Waals surface area contributed by atoms with Gasteiger partial charge in [-0.3, -0.25) is 0 Å². The van der Waals surface area contributed by atoms with E-state index in [2.05, 4.69) is 4.99 Å². The maximum atomic E-state index is 12.6. The average Bonchev–Trinajstić information content (AvgIpc) is 2.20. The highest BCUT2D eigenvalue weighted by molar-refractivity contribution is 6.42. The van der Waals surface area contributed by atoms with Gasteiger partial charge < -0.3 is 16.8 Å². The molecule has 0 atom stereocenters. The minimum Gasteiger partial charge on any atom is -0.370 e. The van der Waals surface area contributed by atoms with Crippen molar-refractivity contribution in [2.24, 2.45) is 16.5 Å². The van der Waals surface area contributed by atoms with E-state index in [1.54, 1.807) is 0 Å². The number of amides is 2. The Labute approximate surface area is 115 Å². The average molecular weight is 315 g/mol. The molecule has 0 saturated carbocycles. The van der Waals surface area contributed by atoms with Crippen LogP contribution in [0.15, 0.2) is 17.1 Å². The van der Waals surface area contributed by atoms with Gasteiger partial charge in [0, 0.05) is 5.69 Å². The number of carbonyl (C=O) groups excluding carboxylic acids is 1. The molecule has 0 radical (unpaired) electrons. The van der Waals surface area contributed by atoms with Crippen LogP contribution in [0.25, 0.3) is 0 Å². The number of halogens is 5. The number of nitrogens with one attached hydrogen (secondary N) is 1. The second kappa shape index (κ2) is 5.54. The largest absolute Gasteiger partial charge is 0.417 e. The number of urea groups is 1. The highest BCUT2D eigenvalue weighted by Gasteiger charge is 2.34. The molecule has 2 amide bonds. The van der Waals surface area contributed by atoms with Gasteiger partial charge >= 0.3 is 12.2 Å². The zero-order valence-electron chi connectivity index (χ0n) is 9.05. The number of guanidine groups is 1. The lowest BCUT2D eigenvalue weighted by Crippen LogP contribution is -2.25. The van der Waals surface area contributed by atoms with E-state index in [9.17, 15) is 18.0 Å². The molecule has 1 aromatic rings. The summed E-state index contributed by atoms with van der Waals surface area (Å²) in [6, 6.07) is 0.625. The lowest BCUT2D eigenvalue weighted by molar-refractivity contribution is -0.137. The molecular weight excluding hydrogens is 308 g/mol. The van der Waals surface area contributed by atoms with E-state index in [1.165, 1.54) is 0 Å². The second-order valence-corrected chi connectivity index (χ2v) is 4.07. The smallest absolute Gasteiger partial charge is 0.370 e. The third kappa shape index (κ3) is 4.18. The van der Waals surface area contributed by atoms with Crippen molar-refractivity contribution in [3.8, 4) is 0 Å². The number of nitrogens with two attached hydrogens (primary N) is 2. The molecule has 10 heteroatoms. The summed E-state index contributed by atoms with van der Waals surface area (Å²) in [5.41, 5.74) is 8.46. The molecule has 0 bridgehead atoms. The highest BCUT2D eigenvalue weighted by Crippen LogP contribution is 2.40. The minimum atomic E-state index is -4.71. The zero-order valence-corrected chi connectivity index (χ0v) is 10.6. The van der Waals surface area contributed by atoms with Crippen LogP contribution in [0.3, 0.4) is 0 Å². The van der Waals surface area contributed by atoms with E-state index in [0.29, 0.717) is 6.07 Å². The monoisotopic (exact) mass is 314 g/mol. The van der Waals surface area contributed by atoms with E-state index < -0.39 is 28.8 Å². The van der Waals surface area contributed by atoms with Crippen molar-refractivity contribution in [2.45, 2.75) is 6.18 Å². The molecule has 0 aliphatic heterocycles. The summed E-state index contributed by atoms with van der Waals surface area (Å²) < 4.78 is 37.9. The first kappa shape index (κ1) is 15.4. The molecule has 0 aliphatic carbocycles. The predicted octanol–water partition coefficient (Wildman–Crippen LogP) is 2.82. The van der Waals surface area contributed by atoms with Gasteiger partial charge in [0.1, 0.15) is 0 Å². The molecule has 0 aromatic heterocycles. The van der Waals surface area contributed by atoms with Crippen LogP contribution < -0.4 is 16.8 Å². The van der Waals surface area contributed by atoms with Crippen LogP contribution >= 0.6 is 23.2 Å². The van der Waals surface area contributed by atoms with Crippen molar-refractivity contribution < 1.29 is 18.0 Å². The lowest BCUT2D eigenvalue weighted by Gasteiger charge is -2.12. The van der Waals surface area contributed by atoms with Crippen LogP contribution in [0.5, 0.6) is 0 Å². The maximum absolute atomic E-state index is 12.6. The fourth-order valence-corrected chi connectivity index (χ4v) is 1.57. The van der Waals surface area contributed by atoms with Crippen LogP contribution in [-0.4, -0.2) is 12.0 Å². The van der Waals surface area contributed by atoms with Crippen molar-refractivity contribution in [2.75, 3.05) is 5.32 Å². The maximum Gasteiger partial charge on any atom is 0.417 e. The molecule has 0 heterocycles. The first-order valence-corrected chi connectivity index (χ1v) is 5.33. The molecule has 104 valence electrons. The number of rotatable bonds is 1. The third-order valence-electron chi connectivity index (χ3n) is 1.82. The number of anilines is 1. The molecule has 0 unspecified atom stereocenters.